The van der Waals surface area contributed by atoms with Gasteiger partial charge in [0.1, 0.15) is 0 Å². The molecule has 1 aromatic rings. The predicted octanol–water partition coefficient (Wildman–Crippen LogP) is 1.16. The summed E-state index contributed by atoms with van der Waals surface area (Å²) in [6.45, 7) is 5.37. The monoisotopic (exact) mass is 317 g/mol. The number of hydrogen-bond acceptors (Lipinski definition) is 3. The second-order valence-corrected chi connectivity index (χ2v) is 6.48. The minimum Gasteiger partial charge on any atom is -0.339 e. The van der Waals surface area contributed by atoms with Crippen LogP contribution in [0, 0.1) is 6.92 Å². The maximum atomic E-state index is 12.4. The van der Waals surface area contributed by atoms with Crippen molar-refractivity contribution in [1.29, 1.82) is 0 Å². The molecule has 0 radical (unpaired) electrons. The summed E-state index contributed by atoms with van der Waals surface area (Å²) in [4.78, 5) is 30.3. The fraction of sp³-hybridized carbons (Fsp3) is 0.556. The molecule has 0 atom stereocenters. The van der Waals surface area contributed by atoms with Gasteiger partial charge in [0.2, 0.25) is 11.8 Å². The summed E-state index contributed by atoms with van der Waals surface area (Å²) in [5.41, 5.74) is 2.23. The van der Waals surface area contributed by atoms with Crippen molar-refractivity contribution in [1.82, 2.24) is 14.7 Å². The normalized spacial score (nSPS) is 15.1. The van der Waals surface area contributed by atoms with E-state index in [1.807, 2.05) is 53.9 Å². The third-order valence-electron chi connectivity index (χ3n) is 4.20. The predicted molar refractivity (Wildman–Crippen MR) is 91.2 cm³/mol. The SMILES string of the molecule is Cc1cccc(CC(=O)N2CCN(C(=O)CCN(C)C)CC2)c1. The van der Waals surface area contributed by atoms with Gasteiger partial charge in [0, 0.05) is 39.1 Å². The first-order valence-electron chi connectivity index (χ1n) is 8.21. The maximum absolute atomic E-state index is 12.4. The highest BCUT2D eigenvalue weighted by atomic mass is 16.2. The number of carbonyl (C=O) groups is 2. The van der Waals surface area contributed by atoms with Crippen molar-refractivity contribution in [3.8, 4) is 0 Å². The summed E-state index contributed by atoms with van der Waals surface area (Å²) in [6, 6.07) is 8.07. The maximum Gasteiger partial charge on any atom is 0.227 e. The minimum atomic E-state index is 0.149. The van der Waals surface area contributed by atoms with Crippen molar-refractivity contribution in [2.24, 2.45) is 0 Å². The molecule has 0 bridgehead atoms. The molecule has 1 saturated heterocycles. The van der Waals surface area contributed by atoms with Crippen molar-refractivity contribution in [2.75, 3.05) is 46.8 Å². The van der Waals surface area contributed by atoms with E-state index in [2.05, 4.69) is 6.07 Å². The Balaban J connectivity index is 1.79. The van der Waals surface area contributed by atoms with Crippen LogP contribution in [0.15, 0.2) is 24.3 Å². The molecule has 1 aliphatic rings. The molecule has 0 aromatic heterocycles. The molecule has 23 heavy (non-hydrogen) atoms. The van der Waals surface area contributed by atoms with Gasteiger partial charge in [-0.1, -0.05) is 29.8 Å². The molecule has 1 aromatic carbocycles. The summed E-state index contributed by atoms with van der Waals surface area (Å²) in [7, 11) is 3.93. The first kappa shape index (κ1) is 17.5. The van der Waals surface area contributed by atoms with Gasteiger partial charge in [0.25, 0.3) is 0 Å². The lowest BCUT2D eigenvalue weighted by Crippen LogP contribution is -2.51. The number of carbonyl (C=O) groups excluding carboxylic acids is 2. The Morgan fingerprint density at radius 1 is 1.04 bits per heavy atom. The second kappa shape index (κ2) is 8.11. The van der Waals surface area contributed by atoms with Crippen LogP contribution in [0.3, 0.4) is 0 Å². The number of rotatable bonds is 5. The van der Waals surface area contributed by atoms with Crippen LogP contribution in [0.5, 0.6) is 0 Å². The van der Waals surface area contributed by atoms with Gasteiger partial charge in [-0.05, 0) is 26.6 Å². The Bertz CT molecular complexity index is 549. The van der Waals surface area contributed by atoms with E-state index in [4.69, 9.17) is 0 Å². The lowest BCUT2D eigenvalue weighted by atomic mass is 10.1. The van der Waals surface area contributed by atoms with Gasteiger partial charge >= 0.3 is 0 Å². The highest BCUT2D eigenvalue weighted by molar-refractivity contribution is 5.80. The van der Waals surface area contributed by atoms with E-state index in [0.717, 1.165) is 12.1 Å². The van der Waals surface area contributed by atoms with Crippen LogP contribution in [-0.4, -0.2) is 73.3 Å². The van der Waals surface area contributed by atoms with Gasteiger partial charge in [-0.2, -0.15) is 0 Å². The third-order valence-corrected chi connectivity index (χ3v) is 4.20. The lowest BCUT2D eigenvalue weighted by molar-refractivity contribution is -0.139. The number of aryl methyl sites for hydroxylation is 1. The zero-order valence-electron chi connectivity index (χ0n) is 14.4. The fourth-order valence-corrected chi connectivity index (χ4v) is 2.79. The summed E-state index contributed by atoms with van der Waals surface area (Å²) >= 11 is 0. The number of benzene rings is 1. The molecule has 1 fully saturated rings. The number of amides is 2. The van der Waals surface area contributed by atoms with E-state index >= 15 is 0 Å². The van der Waals surface area contributed by atoms with Crippen molar-refractivity contribution >= 4 is 11.8 Å². The molecule has 0 saturated carbocycles. The molecular formula is C18H27N3O2. The average molecular weight is 317 g/mol. The van der Waals surface area contributed by atoms with Crippen molar-refractivity contribution < 1.29 is 9.59 Å². The van der Waals surface area contributed by atoms with E-state index in [1.165, 1.54) is 5.56 Å². The zero-order valence-corrected chi connectivity index (χ0v) is 14.4. The molecule has 2 rings (SSSR count). The van der Waals surface area contributed by atoms with Gasteiger partial charge < -0.3 is 14.7 Å². The van der Waals surface area contributed by atoms with Gasteiger partial charge in [-0.15, -0.1) is 0 Å². The molecule has 0 unspecified atom stereocenters. The van der Waals surface area contributed by atoms with E-state index < -0.39 is 0 Å². The van der Waals surface area contributed by atoms with E-state index in [9.17, 15) is 9.59 Å². The Morgan fingerprint density at radius 3 is 2.22 bits per heavy atom. The van der Waals surface area contributed by atoms with Crippen LogP contribution in [-0.2, 0) is 16.0 Å². The van der Waals surface area contributed by atoms with Crippen LogP contribution >= 0.6 is 0 Å². The number of piperazine rings is 1. The van der Waals surface area contributed by atoms with E-state index in [0.29, 0.717) is 39.0 Å². The summed E-state index contributed by atoms with van der Waals surface area (Å²) in [5, 5.41) is 0. The summed E-state index contributed by atoms with van der Waals surface area (Å²) in [5.74, 6) is 0.334. The van der Waals surface area contributed by atoms with Crippen LogP contribution in [0.4, 0.5) is 0 Å². The van der Waals surface area contributed by atoms with Gasteiger partial charge in [0.05, 0.1) is 6.42 Å². The van der Waals surface area contributed by atoms with Gasteiger partial charge in [0.15, 0.2) is 0 Å². The standard InChI is InChI=1S/C18H27N3O2/c1-15-5-4-6-16(13-15)14-18(23)21-11-9-20(10-12-21)17(22)7-8-19(2)3/h4-6,13H,7-12,14H2,1-3H3. The molecule has 5 heteroatoms. The topological polar surface area (TPSA) is 43.9 Å². The third kappa shape index (κ3) is 5.36. The highest BCUT2D eigenvalue weighted by Gasteiger charge is 2.23. The van der Waals surface area contributed by atoms with Crippen LogP contribution in [0.25, 0.3) is 0 Å². The Kier molecular flexibility index (Phi) is 6.16. The Morgan fingerprint density at radius 2 is 1.65 bits per heavy atom. The number of nitrogens with zero attached hydrogens (tertiary/aromatic N) is 3. The molecule has 1 heterocycles. The zero-order chi connectivity index (χ0) is 16.8. The molecule has 0 aliphatic carbocycles. The minimum absolute atomic E-state index is 0.149. The van der Waals surface area contributed by atoms with E-state index in [-0.39, 0.29) is 11.8 Å². The first-order chi connectivity index (χ1) is 11.0. The second-order valence-electron chi connectivity index (χ2n) is 6.48. The fourth-order valence-electron chi connectivity index (χ4n) is 2.79. The van der Waals surface area contributed by atoms with Crippen molar-refractivity contribution in [2.45, 2.75) is 19.8 Å². The van der Waals surface area contributed by atoms with Crippen molar-refractivity contribution in [3.05, 3.63) is 35.4 Å². The Labute approximate surface area is 138 Å². The molecule has 5 nitrogen and oxygen atoms in total. The van der Waals surface area contributed by atoms with Gasteiger partial charge in [-0.25, -0.2) is 0 Å². The highest BCUT2D eigenvalue weighted by Crippen LogP contribution is 2.09. The van der Waals surface area contributed by atoms with E-state index in [1.54, 1.807) is 0 Å². The molecular weight excluding hydrogens is 290 g/mol. The largest absolute Gasteiger partial charge is 0.339 e. The quantitative estimate of drug-likeness (QED) is 0.818. The molecule has 1 aliphatic heterocycles. The van der Waals surface area contributed by atoms with Crippen LogP contribution in [0.2, 0.25) is 0 Å². The first-order valence-corrected chi connectivity index (χ1v) is 8.21. The summed E-state index contributed by atoms with van der Waals surface area (Å²) < 4.78 is 0. The average Bonchev–Trinajstić information content (AvgIpc) is 2.52. The van der Waals surface area contributed by atoms with Gasteiger partial charge in [-0.3, -0.25) is 9.59 Å². The Hall–Kier alpha value is -1.88. The molecule has 126 valence electrons. The lowest BCUT2D eigenvalue weighted by Gasteiger charge is -2.35. The van der Waals surface area contributed by atoms with Crippen LogP contribution in [0.1, 0.15) is 17.5 Å². The smallest absolute Gasteiger partial charge is 0.227 e. The van der Waals surface area contributed by atoms with Crippen LogP contribution < -0.4 is 0 Å². The molecule has 2 amide bonds. The summed E-state index contributed by atoms with van der Waals surface area (Å²) in [6.07, 6.45) is 0.987. The molecule has 0 spiro atoms. The number of hydrogen-bond donors (Lipinski definition) is 0. The molecule has 0 N–H and O–H groups in total. The van der Waals surface area contributed by atoms with Crippen molar-refractivity contribution in [3.63, 3.8) is 0 Å².